The van der Waals surface area contributed by atoms with Crippen LogP contribution in [0.4, 0.5) is 4.39 Å². The molecule has 0 spiro atoms. The molecule has 76 valence electrons. The molecule has 13 heavy (non-hydrogen) atoms. The number of ether oxygens (including phenoxy) is 1. The largest absolute Gasteiger partial charge is 0.364 e. The van der Waals surface area contributed by atoms with Gasteiger partial charge >= 0.3 is 0 Å². The molecule has 4 nitrogen and oxygen atoms in total. The zero-order chi connectivity index (χ0) is 10.3. The Morgan fingerprint density at radius 1 is 1.69 bits per heavy atom. The van der Waals surface area contributed by atoms with Gasteiger partial charge in [-0.15, -0.1) is 0 Å². The quantitative estimate of drug-likeness (QED) is 0.606. The predicted molar refractivity (Wildman–Crippen MR) is 45.4 cm³/mol. The van der Waals surface area contributed by atoms with Gasteiger partial charge in [0.05, 0.1) is 19.5 Å². The highest BCUT2D eigenvalue weighted by molar-refractivity contribution is 5.76. The molecule has 1 amide bonds. The second kappa shape index (κ2) is 6.56. The fourth-order valence-electron chi connectivity index (χ4n) is 0.553. The lowest BCUT2D eigenvalue weighted by Crippen LogP contribution is -2.30. The molecule has 0 heterocycles. The summed E-state index contributed by atoms with van der Waals surface area (Å²) in [6.07, 6.45) is 1.18. The van der Waals surface area contributed by atoms with E-state index in [4.69, 9.17) is 4.74 Å². The normalized spacial score (nSPS) is 13.2. The minimum Gasteiger partial charge on any atom is -0.364 e. The number of rotatable bonds is 5. The van der Waals surface area contributed by atoms with Crippen molar-refractivity contribution in [2.75, 3.05) is 20.8 Å². The van der Waals surface area contributed by atoms with Crippen molar-refractivity contribution in [3.8, 4) is 0 Å². The van der Waals surface area contributed by atoms with Crippen LogP contribution >= 0.6 is 0 Å². The van der Waals surface area contributed by atoms with Gasteiger partial charge in [0.25, 0.3) is 5.91 Å². The summed E-state index contributed by atoms with van der Waals surface area (Å²) >= 11 is 0. The van der Waals surface area contributed by atoms with Crippen LogP contribution in [0.3, 0.4) is 0 Å². The number of nitrogens with zero attached hydrogens (tertiary/aromatic N) is 1. The summed E-state index contributed by atoms with van der Waals surface area (Å²) in [7, 11) is 2.85. The molecule has 0 aliphatic carbocycles. The maximum Gasteiger partial charge on any atom is 0.271 e. The van der Waals surface area contributed by atoms with Crippen molar-refractivity contribution in [3.63, 3.8) is 0 Å². The fraction of sp³-hybridized carbons (Fsp3) is 0.625. The van der Waals surface area contributed by atoms with Crippen LogP contribution in [-0.4, -0.2) is 37.8 Å². The van der Waals surface area contributed by atoms with Gasteiger partial charge in [0.1, 0.15) is 6.61 Å². The van der Waals surface area contributed by atoms with Gasteiger partial charge in [0.15, 0.2) is 0 Å². The van der Waals surface area contributed by atoms with Crippen molar-refractivity contribution in [1.82, 2.24) is 5.06 Å². The smallest absolute Gasteiger partial charge is 0.271 e. The summed E-state index contributed by atoms with van der Waals surface area (Å²) in [6.45, 7) is 1.51. The number of carbonyl (C=O) groups excluding carboxylic acids is 1. The fourth-order valence-corrected chi connectivity index (χ4v) is 0.553. The van der Waals surface area contributed by atoms with Crippen molar-refractivity contribution < 1.29 is 18.8 Å². The van der Waals surface area contributed by atoms with E-state index in [9.17, 15) is 9.18 Å². The van der Waals surface area contributed by atoms with Gasteiger partial charge in [-0.05, 0) is 13.0 Å². The molecule has 0 aliphatic rings. The maximum absolute atomic E-state index is 11.6. The van der Waals surface area contributed by atoms with E-state index in [1.54, 1.807) is 6.92 Å². The Hall–Kier alpha value is -0.940. The van der Waals surface area contributed by atoms with Crippen LogP contribution in [0.1, 0.15) is 6.92 Å². The number of halogens is 1. The molecule has 0 aromatic carbocycles. The summed E-state index contributed by atoms with van der Waals surface area (Å²) in [6, 6.07) is 0. The number of carbonyl (C=O) groups is 1. The average molecular weight is 191 g/mol. The Kier molecular flexibility index (Phi) is 6.09. The van der Waals surface area contributed by atoms with Crippen LogP contribution in [0, 0.1) is 0 Å². The van der Waals surface area contributed by atoms with Gasteiger partial charge in [0.2, 0.25) is 0 Å². The first kappa shape index (κ1) is 12.1. The third kappa shape index (κ3) is 5.32. The second-order valence-corrected chi connectivity index (χ2v) is 2.41. The molecule has 0 bridgehead atoms. The lowest BCUT2D eigenvalue weighted by atomic mass is 10.4. The van der Waals surface area contributed by atoms with Gasteiger partial charge in [-0.25, -0.2) is 9.45 Å². The minimum absolute atomic E-state index is 0.129. The maximum atomic E-state index is 11.6. The van der Waals surface area contributed by atoms with E-state index in [2.05, 4.69) is 4.84 Å². The lowest BCUT2D eigenvalue weighted by molar-refractivity contribution is -0.174. The van der Waals surface area contributed by atoms with Gasteiger partial charge in [-0.2, -0.15) is 0 Å². The van der Waals surface area contributed by atoms with E-state index in [1.807, 2.05) is 0 Å². The highest BCUT2D eigenvalue weighted by Gasteiger charge is 2.08. The zero-order valence-corrected chi connectivity index (χ0v) is 7.99. The monoisotopic (exact) mass is 191 g/mol. The number of hydrogen-bond donors (Lipinski definition) is 0. The molecule has 0 radical (unpaired) electrons. The highest BCUT2D eigenvalue weighted by Crippen LogP contribution is 1.95. The SMILES string of the molecule is CON(C)C(=O)COC(C)C=CF. The summed E-state index contributed by atoms with van der Waals surface area (Å²) in [5.41, 5.74) is 0. The third-order valence-corrected chi connectivity index (χ3v) is 1.44. The van der Waals surface area contributed by atoms with Crippen molar-refractivity contribution in [2.24, 2.45) is 0 Å². The molecule has 1 unspecified atom stereocenters. The molecule has 0 saturated heterocycles. The van der Waals surface area contributed by atoms with E-state index in [0.29, 0.717) is 6.33 Å². The Balaban J connectivity index is 3.69. The molecule has 0 rings (SSSR count). The Bertz CT molecular complexity index is 184. The van der Waals surface area contributed by atoms with Crippen molar-refractivity contribution in [3.05, 3.63) is 12.4 Å². The minimum atomic E-state index is -0.417. The molecule has 0 saturated carbocycles. The molecule has 0 N–H and O–H groups in total. The van der Waals surface area contributed by atoms with Crippen LogP contribution in [0.5, 0.6) is 0 Å². The molecule has 5 heteroatoms. The predicted octanol–water partition coefficient (Wildman–Crippen LogP) is 0.894. The van der Waals surface area contributed by atoms with E-state index in [0.717, 1.165) is 5.06 Å². The third-order valence-electron chi connectivity index (χ3n) is 1.44. The van der Waals surface area contributed by atoms with Crippen LogP contribution < -0.4 is 0 Å². The van der Waals surface area contributed by atoms with Gasteiger partial charge in [-0.1, -0.05) is 0 Å². The summed E-state index contributed by atoms with van der Waals surface area (Å²) in [4.78, 5) is 15.7. The summed E-state index contributed by atoms with van der Waals surface area (Å²) in [5.74, 6) is -0.318. The van der Waals surface area contributed by atoms with Crippen molar-refractivity contribution >= 4 is 5.91 Å². The first-order valence-corrected chi connectivity index (χ1v) is 3.81. The number of likely N-dealkylation sites (N-methyl/N-ethyl adjacent to an activating group) is 1. The first-order valence-electron chi connectivity index (χ1n) is 3.81. The Morgan fingerprint density at radius 2 is 2.31 bits per heavy atom. The standard InChI is InChI=1S/C8H14FNO3/c1-7(4-5-9)13-6-8(11)10(2)12-3/h4-5,7H,6H2,1-3H3. The van der Waals surface area contributed by atoms with E-state index < -0.39 is 6.10 Å². The molecule has 0 aromatic rings. The second-order valence-electron chi connectivity index (χ2n) is 2.41. The Labute approximate surface area is 76.9 Å². The van der Waals surface area contributed by atoms with Gasteiger partial charge < -0.3 is 4.74 Å². The average Bonchev–Trinajstić information content (AvgIpc) is 2.13. The highest BCUT2D eigenvalue weighted by atomic mass is 19.1. The number of hydrogen-bond acceptors (Lipinski definition) is 3. The van der Waals surface area contributed by atoms with Crippen molar-refractivity contribution in [2.45, 2.75) is 13.0 Å². The lowest BCUT2D eigenvalue weighted by Gasteiger charge is -2.14. The van der Waals surface area contributed by atoms with Gasteiger partial charge in [-0.3, -0.25) is 9.63 Å². The molecular formula is C8H14FNO3. The molecular weight excluding hydrogens is 177 g/mol. The molecule has 0 aromatic heterocycles. The van der Waals surface area contributed by atoms with Gasteiger partial charge in [0, 0.05) is 7.05 Å². The van der Waals surface area contributed by atoms with Crippen molar-refractivity contribution in [1.29, 1.82) is 0 Å². The summed E-state index contributed by atoms with van der Waals surface area (Å²) in [5, 5.41) is 1.05. The first-order chi connectivity index (χ1) is 6.11. The number of hydroxylamine groups is 2. The Morgan fingerprint density at radius 3 is 2.77 bits per heavy atom. The van der Waals surface area contributed by atoms with Crippen LogP contribution in [-0.2, 0) is 14.4 Å². The van der Waals surface area contributed by atoms with Crippen LogP contribution in [0.25, 0.3) is 0 Å². The van der Waals surface area contributed by atoms with Crippen LogP contribution in [0.2, 0.25) is 0 Å². The molecule has 0 aliphatic heterocycles. The topological polar surface area (TPSA) is 38.8 Å². The summed E-state index contributed by atoms with van der Waals surface area (Å²) < 4.78 is 16.6. The zero-order valence-electron chi connectivity index (χ0n) is 7.99. The molecule has 0 fully saturated rings. The van der Waals surface area contributed by atoms with Crippen LogP contribution in [0.15, 0.2) is 12.4 Å². The molecule has 1 atom stereocenters. The van der Waals surface area contributed by atoms with E-state index in [1.165, 1.54) is 20.2 Å². The van der Waals surface area contributed by atoms with E-state index in [-0.39, 0.29) is 12.5 Å². The van der Waals surface area contributed by atoms with E-state index >= 15 is 0 Å². The number of amides is 1.